The zero-order valence-corrected chi connectivity index (χ0v) is 20.9. The van der Waals surface area contributed by atoms with Gasteiger partial charge >= 0.3 is 0 Å². The highest BCUT2D eigenvalue weighted by molar-refractivity contribution is 6.04. The van der Waals surface area contributed by atoms with Crippen molar-refractivity contribution in [2.45, 2.75) is 25.4 Å². The first-order valence-corrected chi connectivity index (χ1v) is 12.2. The predicted octanol–water partition coefficient (Wildman–Crippen LogP) is 6.40. The first-order valence-electron chi connectivity index (χ1n) is 12.2. The first-order chi connectivity index (χ1) is 18.4. The third kappa shape index (κ3) is 4.87. The van der Waals surface area contributed by atoms with E-state index >= 15 is 0 Å². The van der Waals surface area contributed by atoms with Crippen molar-refractivity contribution >= 4 is 17.5 Å². The topological polar surface area (TPSA) is 58.6 Å². The summed E-state index contributed by atoms with van der Waals surface area (Å²) in [6, 6.07) is 24.0. The maximum Gasteiger partial charge on any atom is 0.255 e. The summed E-state index contributed by atoms with van der Waals surface area (Å²) in [6.45, 7) is 1.81. The average Bonchev–Trinajstić information content (AvgIpc) is 2.93. The van der Waals surface area contributed by atoms with E-state index < -0.39 is 17.8 Å². The van der Waals surface area contributed by atoms with Crippen LogP contribution in [0.15, 0.2) is 91.0 Å². The van der Waals surface area contributed by atoms with E-state index in [1.165, 1.54) is 18.2 Å². The lowest BCUT2D eigenvalue weighted by atomic mass is 9.79. The minimum absolute atomic E-state index is 0.160. The molecule has 0 aromatic heterocycles. The highest BCUT2D eigenvalue weighted by atomic mass is 19.1. The van der Waals surface area contributed by atoms with Crippen LogP contribution in [0, 0.1) is 18.6 Å². The molecule has 38 heavy (non-hydrogen) atoms. The molecule has 2 atom stereocenters. The van der Waals surface area contributed by atoms with Crippen molar-refractivity contribution in [3.05, 3.63) is 130 Å². The van der Waals surface area contributed by atoms with Crippen LogP contribution in [0.25, 0.3) is 0 Å². The minimum Gasteiger partial charge on any atom is -0.497 e. The van der Waals surface area contributed by atoms with E-state index in [4.69, 9.17) is 4.74 Å². The molecule has 0 unspecified atom stereocenters. The van der Waals surface area contributed by atoms with Gasteiger partial charge in [-0.3, -0.25) is 9.59 Å². The Morgan fingerprint density at radius 3 is 2.34 bits per heavy atom. The van der Waals surface area contributed by atoms with Crippen LogP contribution < -0.4 is 10.1 Å². The number of nitrogens with one attached hydrogen (secondary N) is 1. The molecule has 4 aromatic carbocycles. The zero-order chi connectivity index (χ0) is 26.8. The van der Waals surface area contributed by atoms with E-state index in [1.807, 2.05) is 12.1 Å². The van der Waals surface area contributed by atoms with Crippen LogP contribution in [-0.4, -0.2) is 23.8 Å². The Kier molecular flexibility index (Phi) is 6.92. The van der Waals surface area contributed by atoms with Gasteiger partial charge in [0.05, 0.1) is 19.1 Å². The lowest BCUT2D eigenvalue weighted by Gasteiger charge is -2.42. The summed E-state index contributed by atoms with van der Waals surface area (Å²) in [4.78, 5) is 29.4. The molecular formula is C31H26F2N2O3. The number of halogens is 2. The van der Waals surface area contributed by atoms with Gasteiger partial charge < -0.3 is 15.0 Å². The Morgan fingerprint density at radius 2 is 1.66 bits per heavy atom. The van der Waals surface area contributed by atoms with Gasteiger partial charge in [0.25, 0.3) is 5.91 Å². The highest BCUT2D eigenvalue weighted by Crippen LogP contribution is 2.44. The van der Waals surface area contributed by atoms with Gasteiger partial charge in [-0.25, -0.2) is 8.78 Å². The van der Waals surface area contributed by atoms with E-state index in [-0.39, 0.29) is 24.2 Å². The molecule has 0 radical (unpaired) electrons. The fourth-order valence-corrected chi connectivity index (χ4v) is 4.90. The molecule has 1 aliphatic rings. The van der Waals surface area contributed by atoms with Crippen LogP contribution in [0.4, 0.5) is 14.5 Å². The monoisotopic (exact) mass is 512 g/mol. The predicted molar refractivity (Wildman–Crippen MR) is 141 cm³/mol. The molecule has 0 spiro atoms. The number of aryl methyl sites for hydroxylation is 1. The van der Waals surface area contributed by atoms with Crippen molar-refractivity contribution < 1.29 is 23.1 Å². The number of benzene rings is 4. The molecule has 0 aliphatic carbocycles. The number of carbonyl (C=O) groups excluding carboxylic acids is 2. The number of ether oxygens (including phenoxy) is 1. The summed E-state index contributed by atoms with van der Waals surface area (Å²) < 4.78 is 33.2. The second kappa shape index (κ2) is 10.5. The normalized spacial score (nSPS) is 16.6. The number of rotatable bonds is 6. The lowest BCUT2D eigenvalue weighted by molar-refractivity contribution is -0.119. The molecule has 5 rings (SSSR count). The SMILES string of the molecule is COc1ccc([C@@H]2[C@H](C(=O)Nc3ccc(C)c(F)c3)c3ccccc3C(=O)N2Cc2ccc(F)cc2)cc1. The standard InChI is InChI=1S/C31H26F2N2O3/c1-19-7-14-23(17-27(19)33)34-30(36)28-25-5-3-4-6-26(25)31(37)35(18-20-8-12-22(32)13-9-20)29(28)21-10-15-24(38-2)16-11-21/h3-17,28-29H,18H2,1-2H3,(H,34,36)/t28-,29-/m1/s1. The fourth-order valence-electron chi connectivity index (χ4n) is 4.90. The molecule has 192 valence electrons. The molecule has 1 aliphatic heterocycles. The van der Waals surface area contributed by atoms with Gasteiger partial charge in [0.15, 0.2) is 0 Å². The van der Waals surface area contributed by atoms with Crippen LogP contribution in [0.5, 0.6) is 5.75 Å². The third-order valence-electron chi connectivity index (χ3n) is 6.88. The molecule has 1 heterocycles. The Labute approximate surface area is 219 Å². The Balaban J connectivity index is 1.63. The van der Waals surface area contributed by atoms with Crippen molar-refractivity contribution in [3.63, 3.8) is 0 Å². The Morgan fingerprint density at radius 1 is 0.947 bits per heavy atom. The van der Waals surface area contributed by atoms with Gasteiger partial charge in [-0.1, -0.05) is 48.5 Å². The van der Waals surface area contributed by atoms with Gasteiger partial charge in [-0.15, -0.1) is 0 Å². The number of hydrogen-bond donors (Lipinski definition) is 1. The largest absolute Gasteiger partial charge is 0.497 e. The molecule has 0 fully saturated rings. The molecule has 0 bridgehead atoms. The van der Waals surface area contributed by atoms with E-state index in [0.717, 1.165) is 11.1 Å². The summed E-state index contributed by atoms with van der Waals surface area (Å²) in [7, 11) is 1.56. The third-order valence-corrected chi connectivity index (χ3v) is 6.88. The van der Waals surface area contributed by atoms with Crippen LogP contribution >= 0.6 is 0 Å². The van der Waals surface area contributed by atoms with E-state index in [1.54, 1.807) is 79.6 Å². The number of carbonyl (C=O) groups is 2. The van der Waals surface area contributed by atoms with Crippen LogP contribution in [0.1, 0.15) is 44.6 Å². The molecule has 4 aromatic rings. The Hall–Kier alpha value is -4.52. The number of fused-ring (bicyclic) bond motifs is 1. The molecule has 1 N–H and O–H groups in total. The van der Waals surface area contributed by atoms with Crippen molar-refractivity contribution in [3.8, 4) is 5.75 Å². The molecule has 2 amide bonds. The number of anilines is 1. The first kappa shape index (κ1) is 25.1. The van der Waals surface area contributed by atoms with Gasteiger partial charge in [-0.05, 0) is 71.6 Å². The Bertz CT molecular complexity index is 1490. The number of hydrogen-bond acceptors (Lipinski definition) is 3. The second-order valence-corrected chi connectivity index (χ2v) is 9.30. The van der Waals surface area contributed by atoms with Crippen molar-refractivity contribution in [1.29, 1.82) is 0 Å². The van der Waals surface area contributed by atoms with Gasteiger partial charge in [0.2, 0.25) is 5.91 Å². The number of amides is 2. The summed E-state index contributed by atoms with van der Waals surface area (Å²) in [5.41, 5.74) is 3.24. The second-order valence-electron chi connectivity index (χ2n) is 9.30. The zero-order valence-electron chi connectivity index (χ0n) is 20.9. The van der Waals surface area contributed by atoms with Gasteiger partial charge in [-0.2, -0.15) is 0 Å². The van der Waals surface area contributed by atoms with Gasteiger partial charge in [0.1, 0.15) is 17.4 Å². The van der Waals surface area contributed by atoms with Crippen molar-refractivity contribution in [1.82, 2.24) is 4.90 Å². The van der Waals surface area contributed by atoms with E-state index in [0.29, 0.717) is 28.1 Å². The summed E-state index contributed by atoms with van der Waals surface area (Å²) >= 11 is 0. The highest BCUT2D eigenvalue weighted by Gasteiger charge is 2.44. The van der Waals surface area contributed by atoms with Gasteiger partial charge in [0, 0.05) is 17.8 Å². The maximum atomic E-state index is 14.3. The quantitative estimate of drug-likeness (QED) is 0.325. The summed E-state index contributed by atoms with van der Waals surface area (Å²) in [6.07, 6.45) is 0. The molecular weight excluding hydrogens is 486 g/mol. The smallest absolute Gasteiger partial charge is 0.255 e. The molecule has 0 saturated heterocycles. The summed E-state index contributed by atoms with van der Waals surface area (Å²) in [5.74, 6) is -1.58. The fraction of sp³-hybridized carbons (Fsp3) is 0.161. The van der Waals surface area contributed by atoms with E-state index in [9.17, 15) is 18.4 Å². The van der Waals surface area contributed by atoms with Crippen molar-refractivity contribution in [2.75, 3.05) is 12.4 Å². The molecule has 0 saturated carbocycles. The van der Waals surface area contributed by atoms with Crippen LogP contribution in [0.2, 0.25) is 0 Å². The average molecular weight is 513 g/mol. The number of nitrogens with zero attached hydrogens (tertiary/aromatic N) is 1. The van der Waals surface area contributed by atoms with Crippen molar-refractivity contribution in [2.24, 2.45) is 0 Å². The lowest BCUT2D eigenvalue weighted by Crippen LogP contribution is -2.45. The molecule has 7 heteroatoms. The summed E-state index contributed by atoms with van der Waals surface area (Å²) in [5, 5.41) is 2.86. The minimum atomic E-state index is -0.804. The van der Waals surface area contributed by atoms with E-state index in [2.05, 4.69) is 5.32 Å². The van der Waals surface area contributed by atoms with Crippen LogP contribution in [0.3, 0.4) is 0 Å². The maximum absolute atomic E-state index is 14.3. The number of methoxy groups -OCH3 is 1. The van der Waals surface area contributed by atoms with Crippen LogP contribution in [-0.2, 0) is 11.3 Å². The molecule has 5 nitrogen and oxygen atoms in total.